The zero-order valence-electron chi connectivity index (χ0n) is 20.7. The summed E-state index contributed by atoms with van der Waals surface area (Å²) in [5, 5.41) is 16.7. The number of hydrogen-bond donors (Lipinski definition) is 1. The minimum atomic E-state index is -0.893. The number of aromatic nitrogens is 3. The van der Waals surface area contributed by atoms with Crippen LogP contribution in [0.5, 0.6) is 5.75 Å². The molecule has 36 heavy (non-hydrogen) atoms. The highest BCUT2D eigenvalue weighted by Crippen LogP contribution is 2.45. The maximum absolute atomic E-state index is 11.9. The Morgan fingerprint density at radius 1 is 1.14 bits per heavy atom. The first-order chi connectivity index (χ1) is 17.0. The molecular weight excluding hydrogens is 494 g/mol. The van der Waals surface area contributed by atoms with E-state index in [4.69, 9.17) is 21.3 Å². The fourth-order valence-electron chi connectivity index (χ4n) is 4.48. The number of nitrogens with zero attached hydrogens (tertiary/aromatic N) is 3. The molecule has 2 heterocycles. The van der Waals surface area contributed by atoms with Gasteiger partial charge in [0.05, 0.1) is 22.2 Å². The number of fused-ring (bicyclic) bond motifs is 2. The Balaban J connectivity index is 1.82. The Hall–Kier alpha value is -3.42. The smallest absolute Gasteiger partial charge is 0.307 e. The van der Waals surface area contributed by atoms with Gasteiger partial charge in [-0.25, -0.2) is 4.98 Å². The number of carboxylic acids is 1. The fraction of sp³-hybridized carbons (Fsp3) is 0.250. The molecule has 5 rings (SSSR count). The van der Waals surface area contributed by atoms with Crippen LogP contribution in [0.3, 0.4) is 0 Å². The number of thiazole rings is 1. The summed E-state index contributed by atoms with van der Waals surface area (Å²) < 4.78 is 9.02. The van der Waals surface area contributed by atoms with Crippen LogP contribution in [0.4, 0.5) is 0 Å². The van der Waals surface area contributed by atoms with Crippen molar-refractivity contribution in [2.45, 2.75) is 39.7 Å². The first-order valence-electron chi connectivity index (χ1n) is 11.6. The van der Waals surface area contributed by atoms with E-state index in [1.165, 1.54) is 0 Å². The lowest BCUT2D eigenvalue weighted by atomic mass is 9.92. The number of carbonyl (C=O) groups is 1. The van der Waals surface area contributed by atoms with E-state index in [9.17, 15) is 9.90 Å². The van der Waals surface area contributed by atoms with Gasteiger partial charge in [-0.1, -0.05) is 23.7 Å². The van der Waals surface area contributed by atoms with Gasteiger partial charge in [-0.2, -0.15) is 5.10 Å². The first-order valence-corrected chi connectivity index (χ1v) is 12.8. The molecule has 0 saturated carbocycles. The lowest BCUT2D eigenvalue weighted by Crippen LogP contribution is -2.23. The summed E-state index contributed by atoms with van der Waals surface area (Å²) in [5.41, 5.74) is 5.47. The van der Waals surface area contributed by atoms with Crippen LogP contribution in [-0.2, 0) is 18.3 Å². The maximum Gasteiger partial charge on any atom is 0.307 e. The lowest BCUT2D eigenvalue weighted by molar-refractivity contribution is -0.136. The summed E-state index contributed by atoms with van der Waals surface area (Å²) in [7, 11) is 1.90. The van der Waals surface area contributed by atoms with E-state index >= 15 is 0 Å². The number of ether oxygens (including phenoxy) is 1. The van der Waals surface area contributed by atoms with Crippen LogP contribution in [0.1, 0.15) is 31.9 Å². The van der Waals surface area contributed by atoms with Gasteiger partial charge >= 0.3 is 5.97 Å². The molecule has 0 fully saturated rings. The van der Waals surface area contributed by atoms with Crippen molar-refractivity contribution < 1.29 is 14.6 Å². The van der Waals surface area contributed by atoms with Gasteiger partial charge in [0.15, 0.2) is 0 Å². The van der Waals surface area contributed by atoms with Crippen LogP contribution in [-0.4, -0.2) is 31.4 Å². The summed E-state index contributed by atoms with van der Waals surface area (Å²) in [6, 6.07) is 13.5. The highest BCUT2D eigenvalue weighted by atomic mass is 35.5. The second kappa shape index (κ2) is 8.91. The summed E-state index contributed by atoms with van der Waals surface area (Å²) in [4.78, 5) is 16.9. The van der Waals surface area contributed by atoms with Crippen LogP contribution in [0.25, 0.3) is 42.8 Å². The fourth-order valence-corrected chi connectivity index (χ4v) is 5.81. The zero-order valence-corrected chi connectivity index (χ0v) is 22.3. The number of rotatable bonds is 5. The van der Waals surface area contributed by atoms with Crippen molar-refractivity contribution in [3.05, 3.63) is 64.8 Å². The van der Waals surface area contributed by atoms with Crippen molar-refractivity contribution in [2.24, 2.45) is 7.05 Å². The van der Waals surface area contributed by atoms with Gasteiger partial charge in [-0.3, -0.25) is 9.48 Å². The number of halogens is 1. The second-order valence-electron chi connectivity index (χ2n) is 9.88. The van der Waals surface area contributed by atoms with E-state index in [1.807, 2.05) is 77.3 Å². The molecule has 0 atom stereocenters. The van der Waals surface area contributed by atoms with Crippen LogP contribution < -0.4 is 4.74 Å². The second-order valence-corrected chi connectivity index (χ2v) is 11.3. The SMILES string of the molecule is Cc1cc2nc(-c3cccc4nn(C)cc34)sc2c(-c2ccc(Cl)cc2OC(C)(C)C)c1CC(=O)O. The molecule has 0 radical (unpaired) electrons. The van der Waals surface area contributed by atoms with E-state index in [1.54, 1.807) is 22.1 Å². The van der Waals surface area contributed by atoms with Gasteiger partial charge in [0.25, 0.3) is 0 Å². The molecule has 0 aliphatic heterocycles. The molecule has 0 aliphatic carbocycles. The minimum Gasteiger partial charge on any atom is -0.487 e. The molecule has 5 aromatic rings. The lowest BCUT2D eigenvalue weighted by Gasteiger charge is -2.24. The highest BCUT2D eigenvalue weighted by Gasteiger charge is 2.24. The Kier molecular flexibility index (Phi) is 6.01. The summed E-state index contributed by atoms with van der Waals surface area (Å²) in [6.45, 7) is 7.85. The third-order valence-electron chi connectivity index (χ3n) is 5.86. The van der Waals surface area contributed by atoms with Crippen molar-refractivity contribution in [1.82, 2.24) is 14.8 Å². The quantitative estimate of drug-likeness (QED) is 0.264. The Bertz CT molecular complexity index is 1650. The highest BCUT2D eigenvalue weighted by molar-refractivity contribution is 7.22. The Labute approximate surface area is 218 Å². The Morgan fingerprint density at radius 3 is 2.64 bits per heavy atom. The van der Waals surface area contributed by atoms with Crippen LogP contribution in [0.15, 0.2) is 48.7 Å². The summed E-state index contributed by atoms with van der Waals surface area (Å²) in [6.07, 6.45) is 1.88. The van der Waals surface area contributed by atoms with E-state index in [2.05, 4.69) is 5.10 Å². The molecule has 0 amide bonds. The van der Waals surface area contributed by atoms with E-state index in [-0.39, 0.29) is 6.42 Å². The average Bonchev–Trinajstić information content (AvgIpc) is 3.35. The third kappa shape index (κ3) is 4.56. The molecule has 0 spiro atoms. The molecule has 0 bridgehead atoms. The van der Waals surface area contributed by atoms with Crippen LogP contribution >= 0.6 is 22.9 Å². The van der Waals surface area contributed by atoms with E-state index in [0.717, 1.165) is 53.9 Å². The predicted octanol–water partition coefficient (Wildman–Crippen LogP) is 7.28. The number of benzene rings is 3. The van der Waals surface area contributed by atoms with Crippen LogP contribution in [0, 0.1) is 6.92 Å². The molecule has 0 saturated heterocycles. The molecule has 0 unspecified atom stereocenters. The summed E-state index contributed by atoms with van der Waals surface area (Å²) >= 11 is 7.90. The predicted molar refractivity (Wildman–Crippen MR) is 146 cm³/mol. The van der Waals surface area contributed by atoms with Crippen molar-refractivity contribution in [3.8, 4) is 27.4 Å². The number of hydrogen-bond acceptors (Lipinski definition) is 5. The van der Waals surface area contributed by atoms with Crippen molar-refractivity contribution in [2.75, 3.05) is 0 Å². The molecule has 6 nitrogen and oxygen atoms in total. The van der Waals surface area contributed by atoms with E-state index in [0.29, 0.717) is 10.8 Å². The van der Waals surface area contributed by atoms with Crippen molar-refractivity contribution in [3.63, 3.8) is 0 Å². The standard InChI is InChI=1S/C28H26ClN3O3S/c1-15-11-22-26(36-27(30-22)17-7-6-8-21-20(17)14-32(5)31-21)25(19(15)13-24(33)34)18-10-9-16(29)12-23(18)35-28(2,3)4/h6-12,14H,13H2,1-5H3,(H,33,34). The normalized spacial score (nSPS) is 11.9. The van der Waals surface area contributed by atoms with Gasteiger partial charge in [-0.05, 0) is 69.2 Å². The molecule has 1 N–H and O–H groups in total. The van der Waals surface area contributed by atoms with Crippen molar-refractivity contribution >= 4 is 50.0 Å². The van der Waals surface area contributed by atoms with E-state index < -0.39 is 11.6 Å². The maximum atomic E-state index is 11.9. The Morgan fingerprint density at radius 2 is 1.92 bits per heavy atom. The third-order valence-corrected chi connectivity index (χ3v) is 7.22. The zero-order chi connectivity index (χ0) is 25.8. The van der Waals surface area contributed by atoms with Gasteiger partial charge in [0.1, 0.15) is 16.4 Å². The van der Waals surface area contributed by atoms with Gasteiger partial charge in [0, 0.05) is 40.3 Å². The largest absolute Gasteiger partial charge is 0.487 e. The van der Waals surface area contributed by atoms with Crippen LogP contribution in [0.2, 0.25) is 5.02 Å². The topological polar surface area (TPSA) is 77.2 Å². The van der Waals surface area contributed by atoms with Crippen molar-refractivity contribution in [1.29, 1.82) is 0 Å². The first kappa shape index (κ1) is 24.3. The molecule has 2 aromatic heterocycles. The number of aliphatic carboxylic acids is 1. The van der Waals surface area contributed by atoms with Gasteiger partial charge in [-0.15, -0.1) is 11.3 Å². The average molecular weight is 520 g/mol. The summed E-state index contributed by atoms with van der Waals surface area (Å²) in [5.74, 6) is -0.284. The molecule has 8 heteroatoms. The monoisotopic (exact) mass is 519 g/mol. The van der Waals surface area contributed by atoms with Gasteiger partial charge in [0.2, 0.25) is 0 Å². The molecule has 0 aliphatic rings. The molecule has 184 valence electrons. The molecule has 3 aromatic carbocycles. The van der Waals surface area contributed by atoms with Gasteiger partial charge < -0.3 is 9.84 Å². The number of carboxylic acid groups (broad SMARTS) is 1. The molecular formula is C28H26ClN3O3S. The minimum absolute atomic E-state index is 0.111. The number of aryl methyl sites for hydroxylation is 2.